The molecule has 110 valence electrons. The number of hydrogen-bond donors (Lipinski definition) is 3. The third kappa shape index (κ3) is 5.08. The fourth-order valence-corrected chi connectivity index (χ4v) is 1.83. The van der Waals surface area contributed by atoms with Gasteiger partial charge in [-0.25, -0.2) is 14.0 Å². The van der Waals surface area contributed by atoms with Crippen LogP contribution in [0.1, 0.15) is 23.7 Å². The molecule has 2 amide bonds. The molecule has 0 aliphatic rings. The molecule has 3 N–H and O–H groups in total. The van der Waals surface area contributed by atoms with Gasteiger partial charge in [-0.3, -0.25) is 0 Å². The predicted molar refractivity (Wildman–Crippen MR) is 78.0 cm³/mol. The minimum atomic E-state index is -1.23. The maximum atomic E-state index is 13.1. The Kier molecular flexibility index (Phi) is 6.30. The monoisotopic (exact) mass is 300 g/mol. The second-order valence-electron chi connectivity index (χ2n) is 4.21. The zero-order chi connectivity index (χ0) is 15.1. The molecule has 0 saturated carbocycles. The molecule has 0 aliphatic carbocycles. The molecule has 0 fully saturated rings. The highest BCUT2D eigenvalue weighted by molar-refractivity contribution is 7.99. The number of urea groups is 1. The average Bonchev–Trinajstić information content (AvgIpc) is 2.38. The quantitative estimate of drug-likeness (QED) is 0.755. The van der Waals surface area contributed by atoms with Crippen molar-refractivity contribution in [3.8, 4) is 0 Å². The van der Waals surface area contributed by atoms with Crippen molar-refractivity contribution in [1.82, 2.24) is 5.32 Å². The first-order chi connectivity index (χ1) is 9.43. The first-order valence-electron chi connectivity index (χ1n) is 6.04. The van der Waals surface area contributed by atoms with Crippen LogP contribution < -0.4 is 10.6 Å². The molecule has 1 aromatic rings. The van der Waals surface area contributed by atoms with E-state index in [2.05, 4.69) is 10.6 Å². The lowest BCUT2D eigenvalue weighted by Gasteiger charge is -2.11. The van der Waals surface area contributed by atoms with Crippen LogP contribution >= 0.6 is 11.8 Å². The van der Waals surface area contributed by atoms with Crippen LogP contribution in [0.25, 0.3) is 0 Å². The summed E-state index contributed by atoms with van der Waals surface area (Å²) in [5.41, 5.74) is -0.216. The van der Waals surface area contributed by atoms with Gasteiger partial charge in [0.25, 0.3) is 0 Å². The number of carbonyl (C=O) groups is 2. The van der Waals surface area contributed by atoms with Gasteiger partial charge in [-0.2, -0.15) is 11.8 Å². The van der Waals surface area contributed by atoms with Crippen molar-refractivity contribution in [3.05, 3.63) is 29.6 Å². The number of aromatic carboxylic acids is 1. The molecule has 0 bridgehead atoms. The van der Waals surface area contributed by atoms with Crippen LogP contribution in [0.15, 0.2) is 18.2 Å². The number of carboxylic acids is 1. The summed E-state index contributed by atoms with van der Waals surface area (Å²) in [5, 5.41) is 14.3. The van der Waals surface area contributed by atoms with Gasteiger partial charge in [-0.1, -0.05) is 6.92 Å². The van der Waals surface area contributed by atoms with Crippen LogP contribution in [0.3, 0.4) is 0 Å². The minimum Gasteiger partial charge on any atom is -0.478 e. The Hall–Kier alpha value is -1.76. The summed E-state index contributed by atoms with van der Waals surface area (Å²) in [5.74, 6) is -1.84. The summed E-state index contributed by atoms with van der Waals surface area (Å²) in [6, 6.07) is 2.58. The van der Waals surface area contributed by atoms with Gasteiger partial charge in [0, 0.05) is 11.8 Å². The normalized spacial score (nSPS) is 11.8. The number of anilines is 1. The molecular formula is C13H17FN2O3S. The number of carboxylic acid groups (broad SMARTS) is 1. The van der Waals surface area contributed by atoms with Crippen LogP contribution in [0.5, 0.6) is 0 Å². The second-order valence-corrected chi connectivity index (χ2v) is 5.49. The van der Waals surface area contributed by atoms with Gasteiger partial charge in [0.05, 0.1) is 11.3 Å². The van der Waals surface area contributed by atoms with Gasteiger partial charge >= 0.3 is 12.0 Å². The van der Waals surface area contributed by atoms with E-state index in [1.165, 1.54) is 0 Å². The van der Waals surface area contributed by atoms with E-state index in [1.54, 1.807) is 11.8 Å². The van der Waals surface area contributed by atoms with Crippen molar-refractivity contribution in [3.63, 3.8) is 0 Å². The van der Waals surface area contributed by atoms with Gasteiger partial charge in [0.1, 0.15) is 5.82 Å². The maximum Gasteiger partial charge on any atom is 0.337 e. The van der Waals surface area contributed by atoms with Gasteiger partial charge in [0.15, 0.2) is 0 Å². The standard InChI is InChI=1S/C13H17FN2O3S/c1-8(20-2)5-6-15-13(19)16-11-7-9(14)3-4-10(11)12(17)18/h3-4,7-8H,5-6H2,1-2H3,(H,17,18)(H2,15,16,19). The van der Waals surface area contributed by atoms with Crippen molar-refractivity contribution in [2.24, 2.45) is 0 Å². The average molecular weight is 300 g/mol. The van der Waals surface area contributed by atoms with Gasteiger partial charge in [0.2, 0.25) is 0 Å². The van der Waals surface area contributed by atoms with E-state index in [1.807, 2.05) is 13.2 Å². The molecule has 0 radical (unpaired) electrons. The lowest BCUT2D eigenvalue weighted by molar-refractivity contribution is 0.0698. The van der Waals surface area contributed by atoms with E-state index < -0.39 is 17.8 Å². The van der Waals surface area contributed by atoms with Crippen LogP contribution in [0, 0.1) is 5.82 Å². The summed E-state index contributed by atoms with van der Waals surface area (Å²) in [7, 11) is 0. The Labute approximate surface area is 120 Å². The number of benzene rings is 1. The molecule has 1 atom stereocenters. The van der Waals surface area contributed by atoms with Crippen molar-refractivity contribution in [1.29, 1.82) is 0 Å². The molecule has 0 aliphatic heterocycles. The molecule has 20 heavy (non-hydrogen) atoms. The fourth-order valence-electron chi connectivity index (χ4n) is 1.48. The third-order valence-electron chi connectivity index (χ3n) is 2.70. The van der Waals surface area contributed by atoms with Crippen molar-refractivity contribution < 1.29 is 19.1 Å². The number of nitrogens with one attached hydrogen (secondary N) is 2. The van der Waals surface area contributed by atoms with E-state index in [0.717, 1.165) is 24.6 Å². The zero-order valence-corrected chi connectivity index (χ0v) is 12.1. The summed E-state index contributed by atoms with van der Waals surface area (Å²) in [6.45, 7) is 2.50. The Balaban J connectivity index is 2.61. The minimum absolute atomic E-state index is 0.0621. The molecule has 0 saturated heterocycles. The number of amides is 2. The Morgan fingerprint density at radius 3 is 2.75 bits per heavy atom. The van der Waals surface area contributed by atoms with E-state index in [4.69, 9.17) is 5.11 Å². The van der Waals surface area contributed by atoms with Crippen molar-refractivity contribution in [2.45, 2.75) is 18.6 Å². The molecule has 0 heterocycles. The molecule has 1 aromatic carbocycles. The summed E-state index contributed by atoms with van der Waals surface area (Å²) in [4.78, 5) is 22.6. The fraction of sp³-hybridized carbons (Fsp3) is 0.385. The highest BCUT2D eigenvalue weighted by Gasteiger charge is 2.13. The molecule has 0 spiro atoms. The molecule has 0 aromatic heterocycles. The van der Waals surface area contributed by atoms with Gasteiger partial charge in [-0.05, 0) is 30.9 Å². The van der Waals surface area contributed by atoms with E-state index in [-0.39, 0.29) is 11.3 Å². The first-order valence-corrected chi connectivity index (χ1v) is 7.33. The SMILES string of the molecule is CSC(C)CCNC(=O)Nc1cc(F)ccc1C(=O)O. The maximum absolute atomic E-state index is 13.1. The number of hydrogen-bond acceptors (Lipinski definition) is 3. The Bertz CT molecular complexity index is 497. The second kappa shape index (κ2) is 7.74. The number of carbonyl (C=O) groups excluding carboxylic acids is 1. The van der Waals surface area contributed by atoms with Crippen molar-refractivity contribution in [2.75, 3.05) is 18.1 Å². The number of halogens is 1. The Morgan fingerprint density at radius 1 is 1.45 bits per heavy atom. The van der Waals surface area contributed by atoms with Crippen LogP contribution in [-0.4, -0.2) is 35.2 Å². The molecular weight excluding hydrogens is 283 g/mol. The number of thioether (sulfide) groups is 1. The van der Waals surface area contributed by atoms with E-state index in [9.17, 15) is 14.0 Å². The van der Waals surface area contributed by atoms with Gasteiger partial charge < -0.3 is 15.7 Å². The summed E-state index contributed by atoms with van der Waals surface area (Å²) < 4.78 is 13.1. The zero-order valence-electron chi connectivity index (χ0n) is 11.3. The smallest absolute Gasteiger partial charge is 0.337 e. The number of rotatable bonds is 6. The summed E-state index contributed by atoms with van der Waals surface area (Å²) >= 11 is 1.69. The lowest BCUT2D eigenvalue weighted by atomic mass is 10.2. The lowest BCUT2D eigenvalue weighted by Crippen LogP contribution is -2.31. The van der Waals surface area contributed by atoms with Gasteiger partial charge in [-0.15, -0.1) is 0 Å². The summed E-state index contributed by atoms with van der Waals surface area (Å²) in [6.07, 6.45) is 2.78. The van der Waals surface area contributed by atoms with Crippen LogP contribution in [0.2, 0.25) is 0 Å². The highest BCUT2D eigenvalue weighted by atomic mass is 32.2. The molecule has 7 heteroatoms. The van der Waals surface area contributed by atoms with Crippen LogP contribution in [0.4, 0.5) is 14.9 Å². The largest absolute Gasteiger partial charge is 0.478 e. The molecule has 1 rings (SSSR count). The third-order valence-corrected chi connectivity index (χ3v) is 3.74. The Morgan fingerprint density at radius 2 is 2.15 bits per heavy atom. The van der Waals surface area contributed by atoms with E-state index in [0.29, 0.717) is 11.8 Å². The molecule has 5 nitrogen and oxygen atoms in total. The molecule has 1 unspecified atom stereocenters. The first kappa shape index (κ1) is 16.3. The predicted octanol–water partition coefficient (Wildman–Crippen LogP) is 2.79. The van der Waals surface area contributed by atoms with Crippen LogP contribution in [-0.2, 0) is 0 Å². The topological polar surface area (TPSA) is 78.4 Å². The van der Waals surface area contributed by atoms with Crippen molar-refractivity contribution >= 4 is 29.4 Å². The van der Waals surface area contributed by atoms with E-state index >= 15 is 0 Å². The highest BCUT2D eigenvalue weighted by Crippen LogP contribution is 2.17.